The highest BCUT2D eigenvalue weighted by Gasteiger charge is 2.27. The van der Waals surface area contributed by atoms with Gasteiger partial charge in [0.2, 0.25) is 11.9 Å². The average molecular weight is 434 g/mol. The highest BCUT2D eigenvalue weighted by atomic mass is 16.5. The second-order valence-electron chi connectivity index (χ2n) is 8.50. The molecule has 1 aromatic heterocycles. The average Bonchev–Trinajstić information content (AvgIpc) is 2.82. The third kappa shape index (κ3) is 4.93. The fourth-order valence-corrected chi connectivity index (χ4v) is 4.32. The predicted molar refractivity (Wildman–Crippen MR) is 128 cm³/mol. The van der Waals surface area contributed by atoms with Crippen molar-refractivity contribution in [3.05, 3.63) is 54.1 Å². The lowest BCUT2D eigenvalue weighted by Gasteiger charge is -2.29. The van der Waals surface area contributed by atoms with Gasteiger partial charge in [-0.25, -0.2) is 4.98 Å². The second kappa shape index (κ2) is 9.85. The molecule has 0 atom stereocenters. The largest absolute Gasteiger partial charge is 0.496 e. The fourth-order valence-electron chi connectivity index (χ4n) is 4.32. The Morgan fingerprint density at radius 1 is 1.03 bits per heavy atom. The van der Waals surface area contributed by atoms with Crippen LogP contribution in [0.1, 0.15) is 31.2 Å². The number of fused-ring (bicyclic) bond motifs is 1. The van der Waals surface area contributed by atoms with E-state index in [9.17, 15) is 4.79 Å². The molecule has 1 amide bonds. The first kappa shape index (κ1) is 21.9. The summed E-state index contributed by atoms with van der Waals surface area (Å²) in [6.45, 7) is 0.485. The molecule has 168 valence electrons. The van der Waals surface area contributed by atoms with E-state index in [2.05, 4.69) is 10.6 Å². The maximum atomic E-state index is 12.7. The van der Waals surface area contributed by atoms with Crippen molar-refractivity contribution < 1.29 is 9.53 Å². The number of nitrogens with one attached hydrogen (secondary N) is 2. The first-order valence-electron chi connectivity index (χ1n) is 11.2. The first-order chi connectivity index (χ1) is 15.5. The topological polar surface area (TPSA) is 79.4 Å². The number of anilines is 2. The Morgan fingerprint density at radius 2 is 1.75 bits per heavy atom. The van der Waals surface area contributed by atoms with Crippen LogP contribution in [0.25, 0.3) is 10.9 Å². The van der Waals surface area contributed by atoms with Crippen LogP contribution in [0, 0.1) is 5.92 Å². The van der Waals surface area contributed by atoms with Crippen molar-refractivity contribution in [3.8, 4) is 5.75 Å². The van der Waals surface area contributed by atoms with Gasteiger partial charge in [0.05, 0.1) is 12.6 Å². The van der Waals surface area contributed by atoms with E-state index in [0.29, 0.717) is 12.5 Å². The number of ether oxygens (including phenoxy) is 1. The highest BCUT2D eigenvalue weighted by molar-refractivity contribution is 5.90. The maximum Gasteiger partial charge on any atom is 0.225 e. The van der Waals surface area contributed by atoms with Crippen LogP contribution in [0.2, 0.25) is 0 Å². The van der Waals surface area contributed by atoms with E-state index < -0.39 is 0 Å². The van der Waals surface area contributed by atoms with Crippen LogP contribution >= 0.6 is 0 Å². The van der Waals surface area contributed by atoms with Crippen LogP contribution in [0.4, 0.5) is 11.8 Å². The molecule has 1 aliphatic carbocycles. The van der Waals surface area contributed by atoms with Crippen LogP contribution < -0.4 is 20.3 Å². The summed E-state index contributed by atoms with van der Waals surface area (Å²) in [6, 6.07) is 16.1. The van der Waals surface area contributed by atoms with Gasteiger partial charge in [0.15, 0.2) is 0 Å². The Bertz CT molecular complexity index is 1080. The SMILES string of the molecule is COc1ccccc1CNC(=O)[C@H]1CC[C@@H](Nc2nc(N(C)C)c3ccccc3n2)CC1. The van der Waals surface area contributed by atoms with Gasteiger partial charge in [-0.15, -0.1) is 0 Å². The molecule has 0 bridgehead atoms. The molecule has 3 aromatic rings. The second-order valence-corrected chi connectivity index (χ2v) is 8.50. The molecule has 2 N–H and O–H groups in total. The highest BCUT2D eigenvalue weighted by Crippen LogP contribution is 2.29. The molecule has 1 aliphatic rings. The van der Waals surface area contributed by atoms with E-state index in [0.717, 1.165) is 53.7 Å². The van der Waals surface area contributed by atoms with Crippen molar-refractivity contribution in [1.82, 2.24) is 15.3 Å². The van der Waals surface area contributed by atoms with Gasteiger partial charge >= 0.3 is 0 Å². The van der Waals surface area contributed by atoms with Crippen molar-refractivity contribution in [2.45, 2.75) is 38.3 Å². The number of carbonyl (C=O) groups is 1. The number of benzene rings is 2. The lowest BCUT2D eigenvalue weighted by atomic mass is 9.85. The van der Waals surface area contributed by atoms with Crippen molar-refractivity contribution in [3.63, 3.8) is 0 Å². The molecule has 0 unspecified atom stereocenters. The number of hydrogen-bond donors (Lipinski definition) is 2. The van der Waals surface area contributed by atoms with E-state index in [1.807, 2.05) is 67.5 Å². The number of rotatable bonds is 7. The standard InChI is InChI=1S/C25H31N5O2/c1-30(2)23-20-9-5-6-10-21(20)28-25(29-23)27-19-14-12-17(13-15-19)24(31)26-16-18-8-4-7-11-22(18)32-3/h4-11,17,19H,12-16H2,1-3H3,(H,26,31)(H,27,28,29)/t17-,19+. The summed E-state index contributed by atoms with van der Waals surface area (Å²) >= 11 is 0. The predicted octanol–water partition coefficient (Wildman–Crippen LogP) is 3.99. The van der Waals surface area contributed by atoms with Gasteiger partial charge < -0.3 is 20.3 Å². The summed E-state index contributed by atoms with van der Waals surface area (Å²) < 4.78 is 5.37. The zero-order chi connectivity index (χ0) is 22.5. The molecule has 0 radical (unpaired) electrons. The summed E-state index contributed by atoms with van der Waals surface area (Å²) in [5.74, 6) is 2.51. The zero-order valence-corrected chi connectivity index (χ0v) is 19.0. The van der Waals surface area contributed by atoms with Crippen LogP contribution in [0.3, 0.4) is 0 Å². The summed E-state index contributed by atoms with van der Waals surface area (Å²) in [6.07, 6.45) is 3.54. The molecule has 4 rings (SSSR count). The summed E-state index contributed by atoms with van der Waals surface area (Å²) in [7, 11) is 5.64. The lowest BCUT2D eigenvalue weighted by molar-refractivity contribution is -0.126. The minimum Gasteiger partial charge on any atom is -0.496 e. The molecule has 0 saturated heterocycles. The smallest absolute Gasteiger partial charge is 0.225 e. The summed E-state index contributed by atoms with van der Waals surface area (Å²) in [5.41, 5.74) is 1.92. The van der Waals surface area contributed by atoms with Crippen molar-refractivity contribution in [2.75, 3.05) is 31.4 Å². The Morgan fingerprint density at radius 3 is 2.50 bits per heavy atom. The van der Waals surface area contributed by atoms with E-state index >= 15 is 0 Å². The number of para-hydroxylation sites is 2. The number of aromatic nitrogens is 2. The minimum absolute atomic E-state index is 0.0395. The quantitative estimate of drug-likeness (QED) is 0.587. The van der Waals surface area contributed by atoms with Gasteiger partial charge in [0, 0.05) is 43.5 Å². The van der Waals surface area contributed by atoms with Crippen LogP contribution in [0.5, 0.6) is 5.75 Å². The third-order valence-corrected chi connectivity index (χ3v) is 6.08. The Kier molecular flexibility index (Phi) is 6.73. The van der Waals surface area contributed by atoms with E-state index in [1.165, 1.54) is 0 Å². The van der Waals surface area contributed by atoms with Crippen molar-refractivity contribution in [1.29, 1.82) is 0 Å². The third-order valence-electron chi connectivity index (χ3n) is 6.08. The molecule has 1 fully saturated rings. The van der Waals surface area contributed by atoms with E-state index in [1.54, 1.807) is 7.11 Å². The maximum absolute atomic E-state index is 12.7. The molecule has 7 nitrogen and oxygen atoms in total. The van der Waals surface area contributed by atoms with Gasteiger partial charge in [-0.2, -0.15) is 4.98 Å². The Balaban J connectivity index is 1.33. The fraction of sp³-hybridized carbons (Fsp3) is 0.400. The molecule has 1 heterocycles. The molecule has 0 spiro atoms. The molecular weight excluding hydrogens is 402 g/mol. The molecule has 1 saturated carbocycles. The zero-order valence-electron chi connectivity index (χ0n) is 19.0. The van der Waals surface area contributed by atoms with Gasteiger partial charge in [0.25, 0.3) is 0 Å². The van der Waals surface area contributed by atoms with Gasteiger partial charge in [-0.05, 0) is 43.9 Å². The van der Waals surface area contributed by atoms with Gasteiger partial charge in [-0.3, -0.25) is 4.79 Å². The van der Waals surface area contributed by atoms with Crippen LogP contribution in [-0.4, -0.2) is 43.1 Å². The Hall–Kier alpha value is -3.35. The number of hydrogen-bond acceptors (Lipinski definition) is 6. The summed E-state index contributed by atoms with van der Waals surface area (Å²) in [4.78, 5) is 24.2. The Labute approximate surface area is 189 Å². The number of amides is 1. The van der Waals surface area contributed by atoms with E-state index in [-0.39, 0.29) is 17.9 Å². The van der Waals surface area contributed by atoms with Gasteiger partial charge in [-0.1, -0.05) is 30.3 Å². The number of carbonyl (C=O) groups excluding carboxylic acids is 1. The summed E-state index contributed by atoms with van der Waals surface area (Å²) in [5, 5.41) is 7.62. The molecule has 32 heavy (non-hydrogen) atoms. The molecule has 0 aliphatic heterocycles. The van der Waals surface area contributed by atoms with Crippen molar-refractivity contribution in [2.24, 2.45) is 5.92 Å². The minimum atomic E-state index is 0.0395. The normalized spacial score (nSPS) is 18.2. The monoisotopic (exact) mass is 433 g/mol. The lowest BCUT2D eigenvalue weighted by Crippen LogP contribution is -2.36. The first-order valence-corrected chi connectivity index (χ1v) is 11.2. The van der Waals surface area contributed by atoms with Crippen LogP contribution in [0.15, 0.2) is 48.5 Å². The van der Waals surface area contributed by atoms with Crippen molar-refractivity contribution >= 4 is 28.6 Å². The van der Waals surface area contributed by atoms with Gasteiger partial charge in [0.1, 0.15) is 11.6 Å². The molecule has 2 aromatic carbocycles. The number of methoxy groups -OCH3 is 1. The van der Waals surface area contributed by atoms with E-state index in [4.69, 9.17) is 14.7 Å². The molecule has 7 heteroatoms. The molecular formula is C25H31N5O2. The number of nitrogens with zero attached hydrogens (tertiary/aromatic N) is 3. The van der Waals surface area contributed by atoms with Crippen LogP contribution in [-0.2, 0) is 11.3 Å².